The van der Waals surface area contributed by atoms with Crippen molar-refractivity contribution in [3.8, 4) is 0 Å². The lowest BCUT2D eigenvalue weighted by molar-refractivity contribution is -0.0234. The second-order valence-corrected chi connectivity index (χ2v) is 8.70. The van der Waals surface area contributed by atoms with Gasteiger partial charge in [-0.1, -0.05) is 30.3 Å². The maximum atomic E-state index is 13.2. The lowest BCUT2D eigenvalue weighted by Gasteiger charge is -2.29. The Morgan fingerprint density at radius 2 is 1.70 bits per heavy atom. The van der Waals surface area contributed by atoms with Crippen LogP contribution in [0.25, 0.3) is 10.9 Å². The molecule has 5 nitrogen and oxygen atoms in total. The highest BCUT2D eigenvalue weighted by molar-refractivity contribution is 7.90. The molecule has 0 bridgehead atoms. The van der Waals surface area contributed by atoms with Crippen molar-refractivity contribution in [2.75, 3.05) is 26.2 Å². The molecule has 27 heavy (non-hydrogen) atoms. The van der Waals surface area contributed by atoms with Crippen LogP contribution >= 0.6 is 0 Å². The van der Waals surface area contributed by atoms with Crippen molar-refractivity contribution >= 4 is 20.9 Å². The summed E-state index contributed by atoms with van der Waals surface area (Å²) in [6.45, 7) is 4.61. The Morgan fingerprint density at radius 1 is 0.963 bits per heavy atom. The molecule has 1 fully saturated rings. The number of aryl methyl sites for hydroxylation is 1. The molecule has 0 spiro atoms. The van der Waals surface area contributed by atoms with Gasteiger partial charge >= 0.3 is 0 Å². The summed E-state index contributed by atoms with van der Waals surface area (Å²) in [7, 11) is -3.66. The zero-order chi connectivity index (χ0) is 19.0. The molecule has 3 aromatic rings. The number of hydrogen-bond donors (Lipinski definition) is 0. The molecule has 2 aromatic carbocycles. The highest BCUT2D eigenvalue weighted by Crippen LogP contribution is 2.27. The minimum Gasteiger partial charge on any atom is -0.296 e. The first-order valence-corrected chi connectivity index (χ1v) is 10.4. The molecular weight excluding hydrogens is 365 g/mol. The maximum absolute atomic E-state index is 13.2. The van der Waals surface area contributed by atoms with Crippen LogP contribution in [0, 0.1) is 6.92 Å². The Hall–Kier alpha value is -2.22. The van der Waals surface area contributed by atoms with Crippen LogP contribution in [0.15, 0.2) is 59.6 Å². The van der Waals surface area contributed by atoms with Crippen molar-refractivity contribution < 1.29 is 12.9 Å². The molecule has 1 saturated heterocycles. The summed E-state index contributed by atoms with van der Waals surface area (Å²) < 4.78 is 40.9. The molecule has 0 unspecified atom stereocenters. The summed E-state index contributed by atoms with van der Waals surface area (Å²) in [5.41, 5.74) is 2.44. The van der Waals surface area contributed by atoms with Crippen LogP contribution in [0.2, 0.25) is 0 Å². The monoisotopic (exact) mass is 387 g/mol. The second kappa shape index (κ2) is 7.07. The number of halogens is 1. The first kappa shape index (κ1) is 18.2. The zero-order valence-corrected chi connectivity index (χ0v) is 16.0. The van der Waals surface area contributed by atoms with E-state index in [1.807, 2.05) is 30.3 Å². The van der Waals surface area contributed by atoms with E-state index in [0.717, 1.165) is 21.6 Å². The Bertz CT molecular complexity index is 1070. The van der Waals surface area contributed by atoms with E-state index in [0.29, 0.717) is 43.1 Å². The standard InChI is InChI=1S/C20H22FN3O2S/c1-16-5-2-3-8-20(16)27(25,26)24-10-9-18-17(6-4-7-19(18)24)15-22-11-13-23(21)14-12-22/h2-10H,11-15H2,1H3. The molecule has 0 atom stereocenters. The number of nitrogens with zero attached hydrogens (tertiary/aromatic N) is 3. The average molecular weight is 387 g/mol. The van der Waals surface area contributed by atoms with Gasteiger partial charge in [0.05, 0.1) is 10.4 Å². The van der Waals surface area contributed by atoms with Crippen molar-refractivity contribution in [2.45, 2.75) is 18.4 Å². The Morgan fingerprint density at radius 3 is 2.44 bits per heavy atom. The normalized spacial score (nSPS) is 16.8. The van der Waals surface area contributed by atoms with Crippen LogP contribution in [0.5, 0.6) is 0 Å². The molecule has 1 aliphatic heterocycles. The molecule has 4 rings (SSSR count). The van der Waals surface area contributed by atoms with Gasteiger partial charge in [0.15, 0.2) is 0 Å². The SMILES string of the molecule is Cc1ccccc1S(=O)(=O)n1ccc2c(CN3CCN(F)CC3)cccc21. The van der Waals surface area contributed by atoms with Crippen LogP contribution < -0.4 is 0 Å². The molecule has 2 heterocycles. The molecule has 1 aromatic heterocycles. The zero-order valence-electron chi connectivity index (χ0n) is 15.2. The van der Waals surface area contributed by atoms with Gasteiger partial charge in [-0.05, 0) is 36.2 Å². The van der Waals surface area contributed by atoms with Gasteiger partial charge in [-0.15, -0.1) is 9.60 Å². The van der Waals surface area contributed by atoms with Crippen LogP contribution in [0.4, 0.5) is 4.48 Å². The van der Waals surface area contributed by atoms with Crippen molar-refractivity contribution in [2.24, 2.45) is 0 Å². The highest BCUT2D eigenvalue weighted by Gasteiger charge is 2.22. The molecule has 0 amide bonds. The van der Waals surface area contributed by atoms with Crippen LogP contribution in [0.1, 0.15) is 11.1 Å². The van der Waals surface area contributed by atoms with Crippen LogP contribution in [-0.2, 0) is 16.6 Å². The van der Waals surface area contributed by atoms with Gasteiger partial charge in [-0.3, -0.25) is 4.90 Å². The Balaban J connectivity index is 1.72. The minimum absolute atomic E-state index is 0.312. The molecule has 142 valence electrons. The smallest absolute Gasteiger partial charge is 0.268 e. The molecule has 0 aliphatic carbocycles. The largest absolute Gasteiger partial charge is 0.296 e. The minimum atomic E-state index is -3.66. The Labute approximate surface area is 158 Å². The van der Waals surface area contributed by atoms with Gasteiger partial charge in [-0.2, -0.15) is 0 Å². The molecule has 0 saturated carbocycles. The molecule has 0 N–H and O–H groups in total. The topological polar surface area (TPSA) is 45.6 Å². The van der Waals surface area contributed by atoms with Gasteiger partial charge < -0.3 is 0 Å². The van der Waals surface area contributed by atoms with Crippen molar-refractivity contribution in [1.82, 2.24) is 14.0 Å². The van der Waals surface area contributed by atoms with E-state index in [4.69, 9.17) is 0 Å². The second-order valence-electron chi connectivity index (χ2n) is 6.92. The van der Waals surface area contributed by atoms with Crippen LogP contribution in [0.3, 0.4) is 0 Å². The van der Waals surface area contributed by atoms with E-state index < -0.39 is 10.0 Å². The fourth-order valence-corrected chi connectivity index (χ4v) is 5.20. The average Bonchev–Trinajstić information content (AvgIpc) is 3.10. The van der Waals surface area contributed by atoms with E-state index in [2.05, 4.69) is 4.90 Å². The van der Waals surface area contributed by atoms with Gasteiger partial charge in [-0.25, -0.2) is 12.4 Å². The molecule has 7 heteroatoms. The maximum Gasteiger partial charge on any atom is 0.268 e. The van der Waals surface area contributed by atoms with E-state index in [1.165, 1.54) is 3.97 Å². The quantitative estimate of drug-likeness (QED) is 0.645. The van der Waals surface area contributed by atoms with Crippen molar-refractivity contribution in [3.05, 3.63) is 65.9 Å². The number of fused-ring (bicyclic) bond motifs is 1. The van der Waals surface area contributed by atoms with Gasteiger partial charge in [0.2, 0.25) is 0 Å². The summed E-state index contributed by atoms with van der Waals surface area (Å²) in [6, 6.07) is 14.6. The lowest BCUT2D eigenvalue weighted by Crippen LogP contribution is -2.42. The summed E-state index contributed by atoms with van der Waals surface area (Å²) in [4.78, 5) is 2.50. The van der Waals surface area contributed by atoms with Crippen molar-refractivity contribution in [1.29, 1.82) is 0 Å². The van der Waals surface area contributed by atoms with E-state index >= 15 is 0 Å². The van der Waals surface area contributed by atoms with Crippen LogP contribution in [-0.4, -0.2) is 48.6 Å². The molecule has 0 radical (unpaired) electrons. The first-order chi connectivity index (χ1) is 13.0. The third kappa shape index (κ3) is 3.38. The number of aromatic nitrogens is 1. The molecular formula is C20H22FN3O2S. The summed E-state index contributed by atoms with van der Waals surface area (Å²) >= 11 is 0. The third-order valence-electron chi connectivity index (χ3n) is 5.13. The van der Waals surface area contributed by atoms with E-state index in [-0.39, 0.29) is 0 Å². The third-order valence-corrected chi connectivity index (χ3v) is 6.98. The predicted molar refractivity (Wildman–Crippen MR) is 104 cm³/mol. The highest BCUT2D eigenvalue weighted by atomic mass is 32.2. The Kier molecular flexibility index (Phi) is 4.75. The first-order valence-electron chi connectivity index (χ1n) is 9.00. The van der Waals surface area contributed by atoms with Gasteiger partial charge in [0.25, 0.3) is 10.0 Å². The summed E-state index contributed by atoms with van der Waals surface area (Å²) in [5.74, 6) is 0. The number of benzene rings is 2. The summed E-state index contributed by atoms with van der Waals surface area (Å²) in [6.07, 6.45) is 1.62. The fourth-order valence-electron chi connectivity index (χ4n) is 3.63. The number of piperazine rings is 1. The van der Waals surface area contributed by atoms with Crippen molar-refractivity contribution in [3.63, 3.8) is 0 Å². The molecule has 1 aliphatic rings. The lowest BCUT2D eigenvalue weighted by atomic mass is 10.1. The van der Waals surface area contributed by atoms with Gasteiger partial charge in [0.1, 0.15) is 0 Å². The van der Waals surface area contributed by atoms with E-state index in [9.17, 15) is 12.9 Å². The predicted octanol–water partition coefficient (Wildman–Crippen LogP) is 3.19. The number of hydrogen-bond acceptors (Lipinski definition) is 4. The fraction of sp³-hybridized carbons (Fsp3) is 0.300. The summed E-state index contributed by atoms with van der Waals surface area (Å²) in [5, 5.41) is 1.75. The van der Waals surface area contributed by atoms with E-state index in [1.54, 1.807) is 31.3 Å². The number of rotatable bonds is 4. The van der Waals surface area contributed by atoms with Gasteiger partial charge in [0, 0.05) is 44.3 Å².